The van der Waals surface area contributed by atoms with E-state index in [0.29, 0.717) is 28.3 Å². The molecule has 1 amide bonds. The summed E-state index contributed by atoms with van der Waals surface area (Å²) in [7, 11) is 0. The van der Waals surface area contributed by atoms with Crippen LogP contribution in [0.4, 0.5) is 10.1 Å². The third-order valence-electron chi connectivity index (χ3n) is 4.13. The summed E-state index contributed by atoms with van der Waals surface area (Å²) in [6.45, 7) is 3.57. The molecule has 0 bridgehead atoms. The number of anilines is 1. The first-order valence-electron chi connectivity index (χ1n) is 8.53. The molecule has 142 valence electrons. The van der Waals surface area contributed by atoms with E-state index in [9.17, 15) is 14.0 Å². The van der Waals surface area contributed by atoms with Gasteiger partial charge in [0.25, 0.3) is 5.91 Å². The molecule has 3 aromatic rings. The van der Waals surface area contributed by atoms with E-state index in [-0.39, 0.29) is 11.4 Å². The molecule has 0 heterocycles. The van der Waals surface area contributed by atoms with Gasteiger partial charge < -0.3 is 15.2 Å². The standard InChI is InChI=1S/C22H18FNO4/c1-13-3-9-20(28-19-10-6-16(23)12-14(19)2)18(11-13)21(25)24-17-7-4-15(5-8-17)22(26)27/h3-12H,1-2H3,(H,24,25)(H,26,27). The van der Waals surface area contributed by atoms with Crippen molar-refractivity contribution in [2.24, 2.45) is 0 Å². The monoisotopic (exact) mass is 379 g/mol. The Morgan fingerprint density at radius 3 is 2.25 bits per heavy atom. The molecule has 0 atom stereocenters. The summed E-state index contributed by atoms with van der Waals surface area (Å²) in [5.74, 6) is -1.02. The van der Waals surface area contributed by atoms with Gasteiger partial charge in [0.05, 0.1) is 11.1 Å². The summed E-state index contributed by atoms with van der Waals surface area (Å²) >= 11 is 0. The van der Waals surface area contributed by atoms with Crippen molar-refractivity contribution in [3.05, 3.63) is 88.7 Å². The number of aromatic carboxylic acids is 1. The van der Waals surface area contributed by atoms with Gasteiger partial charge in [-0.15, -0.1) is 0 Å². The van der Waals surface area contributed by atoms with Crippen LogP contribution >= 0.6 is 0 Å². The first kappa shape index (κ1) is 19.1. The maximum atomic E-state index is 13.3. The van der Waals surface area contributed by atoms with Gasteiger partial charge >= 0.3 is 5.97 Å². The Balaban J connectivity index is 1.87. The van der Waals surface area contributed by atoms with Gasteiger partial charge in [0.15, 0.2) is 0 Å². The van der Waals surface area contributed by atoms with E-state index in [1.54, 1.807) is 19.1 Å². The number of carboxylic acid groups (broad SMARTS) is 1. The number of aryl methyl sites for hydroxylation is 2. The SMILES string of the molecule is Cc1ccc(Oc2ccc(F)cc2C)c(C(=O)Nc2ccc(C(=O)O)cc2)c1. The molecular formula is C22H18FNO4. The second-order valence-electron chi connectivity index (χ2n) is 6.35. The molecule has 2 N–H and O–H groups in total. The maximum Gasteiger partial charge on any atom is 0.335 e. The smallest absolute Gasteiger partial charge is 0.335 e. The maximum absolute atomic E-state index is 13.3. The van der Waals surface area contributed by atoms with E-state index < -0.39 is 11.9 Å². The average molecular weight is 379 g/mol. The second-order valence-corrected chi connectivity index (χ2v) is 6.35. The van der Waals surface area contributed by atoms with Crippen LogP contribution in [0.15, 0.2) is 60.7 Å². The zero-order valence-corrected chi connectivity index (χ0v) is 15.3. The Bertz CT molecular complexity index is 1040. The Labute approximate surface area is 161 Å². The molecule has 0 unspecified atom stereocenters. The molecule has 0 aliphatic carbocycles. The molecule has 0 spiro atoms. The van der Waals surface area contributed by atoms with Crippen LogP contribution in [0.2, 0.25) is 0 Å². The zero-order chi connectivity index (χ0) is 20.3. The van der Waals surface area contributed by atoms with Crippen molar-refractivity contribution in [1.82, 2.24) is 0 Å². The zero-order valence-electron chi connectivity index (χ0n) is 15.3. The molecule has 5 nitrogen and oxygen atoms in total. The lowest BCUT2D eigenvalue weighted by molar-refractivity contribution is 0.0696. The Morgan fingerprint density at radius 2 is 1.61 bits per heavy atom. The van der Waals surface area contributed by atoms with Crippen LogP contribution < -0.4 is 10.1 Å². The summed E-state index contributed by atoms with van der Waals surface area (Å²) in [6.07, 6.45) is 0. The molecule has 0 aliphatic rings. The number of carboxylic acids is 1. The first-order chi connectivity index (χ1) is 13.3. The predicted octanol–water partition coefficient (Wildman–Crippen LogP) is 5.19. The number of nitrogens with one attached hydrogen (secondary N) is 1. The van der Waals surface area contributed by atoms with Crippen molar-refractivity contribution in [3.8, 4) is 11.5 Å². The number of hydrogen-bond donors (Lipinski definition) is 2. The Kier molecular flexibility index (Phi) is 5.40. The van der Waals surface area contributed by atoms with Gasteiger partial charge in [0.2, 0.25) is 0 Å². The molecule has 0 saturated heterocycles. The van der Waals surface area contributed by atoms with E-state index in [1.807, 2.05) is 13.0 Å². The van der Waals surface area contributed by atoms with Crippen LogP contribution in [-0.4, -0.2) is 17.0 Å². The van der Waals surface area contributed by atoms with Gasteiger partial charge in [-0.3, -0.25) is 4.79 Å². The van der Waals surface area contributed by atoms with Crippen molar-refractivity contribution in [2.75, 3.05) is 5.32 Å². The fraction of sp³-hybridized carbons (Fsp3) is 0.0909. The molecule has 0 fully saturated rings. The number of rotatable bonds is 5. The van der Waals surface area contributed by atoms with Gasteiger partial charge in [-0.25, -0.2) is 9.18 Å². The van der Waals surface area contributed by atoms with Crippen LogP contribution in [0, 0.1) is 19.7 Å². The summed E-state index contributed by atoms with van der Waals surface area (Å²) in [6, 6.07) is 15.2. The number of benzene rings is 3. The largest absolute Gasteiger partial charge is 0.478 e. The summed E-state index contributed by atoms with van der Waals surface area (Å²) in [5.41, 5.74) is 2.38. The van der Waals surface area contributed by atoms with Crippen LogP contribution in [0.25, 0.3) is 0 Å². The van der Waals surface area contributed by atoms with Gasteiger partial charge in [0.1, 0.15) is 17.3 Å². The summed E-state index contributed by atoms with van der Waals surface area (Å²) in [4.78, 5) is 23.7. The van der Waals surface area contributed by atoms with E-state index in [4.69, 9.17) is 9.84 Å². The molecular weight excluding hydrogens is 361 g/mol. The van der Waals surface area contributed by atoms with Crippen molar-refractivity contribution >= 4 is 17.6 Å². The number of ether oxygens (including phenoxy) is 1. The van der Waals surface area contributed by atoms with Crippen LogP contribution in [0.5, 0.6) is 11.5 Å². The number of carbonyl (C=O) groups is 2. The third-order valence-corrected chi connectivity index (χ3v) is 4.13. The lowest BCUT2D eigenvalue weighted by Crippen LogP contribution is -2.13. The van der Waals surface area contributed by atoms with E-state index in [1.165, 1.54) is 42.5 Å². The van der Waals surface area contributed by atoms with Gasteiger partial charge in [-0.2, -0.15) is 0 Å². The van der Waals surface area contributed by atoms with Crippen molar-refractivity contribution in [2.45, 2.75) is 13.8 Å². The highest BCUT2D eigenvalue weighted by atomic mass is 19.1. The Hall–Kier alpha value is -3.67. The molecule has 0 radical (unpaired) electrons. The number of amides is 1. The fourth-order valence-corrected chi connectivity index (χ4v) is 2.65. The highest BCUT2D eigenvalue weighted by Gasteiger charge is 2.15. The van der Waals surface area contributed by atoms with Crippen molar-refractivity contribution in [1.29, 1.82) is 0 Å². The molecule has 3 aromatic carbocycles. The van der Waals surface area contributed by atoms with Crippen LogP contribution in [0.1, 0.15) is 31.8 Å². The highest BCUT2D eigenvalue weighted by Crippen LogP contribution is 2.29. The Morgan fingerprint density at radius 1 is 0.929 bits per heavy atom. The topological polar surface area (TPSA) is 75.6 Å². The van der Waals surface area contributed by atoms with Gasteiger partial charge in [-0.1, -0.05) is 11.6 Å². The predicted molar refractivity (Wildman–Crippen MR) is 104 cm³/mol. The molecule has 0 saturated carbocycles. The number of hydrogen-bond acceptors (Lipinski definition) is 3. The third kappa shape index (κ3) is 4.35. The highest BCUT2D eigenvalue weighted by molar-refractivity contribution is 6.06. The van der Waals surface area contributed by atoms with Crippen LogP contribution in [-0.2, 0) is 0 Å². The molecule has 28 heavy (non-hydrogen) atoms. The van der Waals surface area contributed by atoms with Gasteiger partial charge in [-0.05, 0) is 74.0 Å². The number of carbonyl (C=O) groups excluding carboxylic acids is 1. The van der Waals surface area contributed by atoms with Crippen molar-refractivity contribution in [3.63, 3.8) is 0 Å². The summed E-state index contributed by atoms with van der Waals surface area (Å²) in [5, 5.41) is 11.7. The molecule has 0 aromatic heterocycles. The minimum Gasteiger partial charge on any atom is -0.478 e. The van der Waals surface area contributed by atoms with Gasteiger partial charge in [0, 0.05) is 5.69 Å². The van der Waals surface area contributed by atoms with Crippen molar-refractivity contribution < 1.29 is 23.8 Å². The lowest BCUT2D eigenvalue weighted by atomic mass is 10.1. The average Bonchev–Trinajstić information content (AvgIpc) is 2.65. The summed E-state index contributed by atoms with van der Waals surface area (Å²) < 4.78 is 19.2. The molecule has 6 heteroatoms. The molecule has 0 aliphatic heterocycles. The normalized spacial score (nSPS) is 10.4. The lowest BCUT2D eigenvalue weighted by Gasteiger charge is -2.14. The second kappa shape index (κ2) is 7.92. The first-order valence-corrected chi connectivity index (χ1v) is 8.53. The van der Waals surface area contributed by atoms with E-state index in [0.717, 1.165) is 5.56 Å². The fourth-order valence-electron chi connectivity index (χ4n) is 2.65. The number of halogens is 1. The van der Waals surface area contributed by atoms with E-state index in [2.05, 4.69) is 5.32 Å². The van der Waals surface area contributed by atoms with E-state index >= 15 is 0 Å². The molecule has 3 rings (SSSR count). The minimum absolute atomic E-state index is 0.129. The quantitative estimate of drug-likeness (QED) is 0.640. The van der Waals surface area contributed by atoms with Crippen LogP contribution in [0.3, 0.4) is 0 Å². The minimum atomic E-state index is -1.04.